The molecule has 1 atom stereocenters. The monoisotopic (exact) mass is 531 g/mol. The number of carbonyl (C=O) groups excluding carboxylic acids is 2. The van der Waals surface area contributed by atoms with Gasteiger partial charge in [-0.2, -0.15) is 0 Å². The van der Waals surface area contributed by atoms with Crippen molar-refractivity contribution in [1.29, 1.82) is 0 Å². The summed E-state index contributed by atoms with van der Waals surface area (Å²) in [6.45, 7) is 2.42. The number of aliphatic carboxylic acids is 3. The second-order valence-electron chi connectivity index (χ2n) is 9.14. The highest BCUT2D eigenvalue weighted by Crippen LogP contribution is 2.02. The smallest absolute Gasteiger partial charge is 0.317 e. The van der Waals surface area contributed by atoms with Crippen molar-refractivity contribution < 1.29 is 39.3 Å². The predicted octanol–water partition coefficient (Wildman–Crippen LogP) is -3.44. The maximum Gasteiger partial charge on any atom is 0.317 e. The lowest BCUT2D eigenvalue weighted by Crippen LogP contribution is -2.49. The summed E-state index contributed by atoms with van der Waals surface area (Å²) in [6.07, 6.45) is 1.68. The molecule has 8 N–H and O–H groups in total. The third kappa shape index (κ3) is 15.8. The molecular weight excluding hydrogens is 490 g/mol. The Kier molecular flexibility index (Phi) is 15.3. The lowest BCUT2D eigenvalue weighted by Gasteiger charge is -2.32. The van der Waals surface area contributed by atoms with E-state index in [0.29, 0.717) is 78.2 Å². The van der Waals surface area contributed by atoms with Gasteiger partial charge in [-0.25, -0.2) is 0 Å². The second-order valence-corrected chi connectivity index (χ2v) is 9.14. The van der Waals surface area contributed by atoms with Crippen molar-refractivity contribution in [3.63, 3.8) is 0 Å². The zero-order chi connectivity index (χ0) is 27.8. The van der Waals surface area contributed by atoms with Crippen LogP contribution in [-0.2, 0) is 24.0 Å². The Morgan fingerprint density at radius 1 is 0.649 bits per heavy atom. The molecule has 1 rings (SSSR count). The molecule has 1 aliphatic rings. The number of carboxylic acid groups (broad SMARTS) is 3. The summed E-state index contributed by atoms with van der Waals surface area (Å²) in [5.74, 6) is -3.83. The fourth-order valence-corrected chi connectivity index (χ4v) is 3.90. The van der Waals surface area contributed by atoms with Gasteiger partial charge in [0.15, 0.2) is 0 Å². The first kappa shape index (κ1) is 32.2. The predicted molar refractivity (Wildman–Crippen MR) is 133 cm³/mol. The van der Waals surface area contributed by atoms with Crippen LogP contribution < -0.4 is 16.8 Å². The molecular formula is C22H41N7O8. The van der Waals surface area contributed by atoms with Crippen molar-refractivity contribution in [2.45, 2.75) is 25.3 Å². The number of rotatable bonds is 14. The van der Waals surface area contributed by atoms with E-state index < -0.39 is 29.9 Å². The molecule has 2 amide bonds. The molecule has 15 heteroatoms. The van der Waals surface area contributed by atoms with Gasteiger partial charge in [0.2, 0.25) is 11.8 Å². The molecule has 0 aromatic rings. The van der Waals surface area contributed by atoms with Crippen LogP contribution in [0.5, 0.6) is 0 Å². The summed E-state index contributed by atoms with van der Waals surface area (Å²) in [5, 5.41) is 30.6. The van der Waals surface area contributed by atoms with E-state index in [1.807, 2.05) is 4.90 Å². The van der Waals surface area contributed by atoms with Crippen LogP contribution in [0.2, 0.25) is 0 Å². The lowest BCUT2D eigenvalue weighted by atomic mass is 10.1. The summed E-state index contributed by atoms with van der Waals surface area (Å²) in [4.78, 5) is 64.3. The molecule has 1 saturated heterocycles. The minimum atomic E-state index is -1.02. The van der Waals surface area contributed by atoms with Crippen molar-refractivity contribution in [2.75, 3.05) is 85.1 Å². The van der Waals surface area contributed by atoms with Gasteiger partial charge >= 0.3 is 17.9 Å². The Balaban J connectivity index is 2.77. The van der Waals surface area contributed by atoms with Crippen molar-refractivity contribution in [3.05, 3.63) is 0 Å². The first-order valence-corrected chi connectivity index (χ1v) is 12.3. The quantitative estimate of drug-likeness (QED) is 0.120. The number of nitrogens with two attached hydrogens (primary N) is 2. The molecule has 0 saturated carbocycles. The number of primary amides is 1. The topological polar surface area (TPSA) is 223 Å². The van der Waals surface area contributed by atoms with Gasteiger partial charge in [0.1, 0.15) is 0 Å². The van der Waals surface area contributed by atoms with E-state index in [4.69, 9.17) is 11.5 Å². The van der Waals surface area contributed by atoms with E-state index >= 15 is 0 Å². The number of amides is 2. The van der Waals surface area contributed by atoms with Gasteiger partial charge in [-0.3, -0.25) is 43.6 Å². The van der Waals surface area contributed by atoms with Crippen LogP contribution in [0.3, 0.4) is 0 Å². The number of carboxylic acids is 3. The minimum Gasteiger partial charge on any atom is -0.480 e. The zero-order valence-electron chi connectivity index (χ0n) is 21.2. The van der Waals surface area contributed by atoms with Gasteiger partial charge < -0.3 is 32.1 Å². The number of hydrogen-bond acceptors (Lipinski definition) is 10. The van der Waals surface area contributed by atoms with Gasteiger partial charge in [-0.1, -0.05) is 0 Å². The van der Waals surface area contributed by atoms with Gasteiger partial charge in [-0.15, -0.1) is 0 Å². The third-order valence-corrected chi connectivity index (χ3v) is 6.00. The highest BCUT2D eigenvalue weighted by atomic mass is 16.4. The highest BCUT2D eigenvalue weighted by Gasteiger charge is 2.21. The fourth-order valence-electron chi connectivity index (χ4n) is 3.90. The van der Waals surface area contributed by atoms with Crippen LogP contribution in [-0.4, -0.2) is 156 Å². The van der Waals surface area contributed by atoms with Crippen molar-refractivity contribution in [1.82, 2.24) is 24.9 Å². The molecule has 1 heterocycles. The number of hydrogen-bond donors (Lipinski definition) is 6. The Hall–Kier alpha value is -2.85. The third-order valence-electron chi connectivity index (χ3n) is 6.00. The summed E-state index contributed by atoms with van der Waals surface area (Å²) in [6, 6.07) is -0.711. The molecule has 1 aliphatic heterocycles. The normalized spacial score (nSPS) is 18.3. The van der Waals surface area contributed by atoms with E-state index in [9.17, 15) is 39.3 Å². The second kappa shape index (κ2) is 17.6. The minimum absolute atomic E-state index is 0.0494. The molecule has 37 heavy (non-hydrogen) atoms. The highest BCUT2D eigenvalue weighted by molar-refractivity contribution is 5.79. The van der Waals surface area contributed by atoms with Crippen LogP contribution in [0.25, 0.3) is 0 Å². The van der Waals surface area contributed by atoms with Crippen molar-refractivity contribution >= 4 is 29.7 Å². The average molecular weight is 532 g/mol. The molecule has 0 unspecified atom stereocenters. The lowest BCUT2D eigenvalue weighted by molar-refractivity contribution is -0.140. The number of carbonyl (C=O) groups is 5. The number of nitrogens with one attached hydrogen (secondary N) is 1. The van der Waals surface area contributed by atoms with Gasteiger partial charge in [0.05, 0.1) is 32.2 Å². The van der Waals surface area contributed by atoms with E-state index in [2.05, 4.69) is 5.32 Å². The Bertz CT molecular complexity index is 737. The summed E-state index contributed by atoms with van der Waals surface area (Å²) in [5.41, 5.74) is 10.7. The van der Waals surface area contributed by atoms with Crippen LogP contribution >= 0.6 is 0 Å². The molecule has 15 nitrogen and oxygen atoms in total. The summed E-state index contributed by atoms with van der Waals surface area (Å²) in [7, 11) is 0. The maximum absolute atomic E-state index is 12.5. The first-order valence-electron chi connectivity index (χ1n) is 12.3. The first-order chi connectivity index (χ1) is 17.5. The average Bonchev–Trinajstić information content (AvgIpc) is 2.79. The van der Waals surface area contributed by atoms with Crippen molar-refractivity contribution in [3.8, 4) is 0 Å². The molecule has 0 bridgehead atoms. The van der Waals surface area contributed by atoms with E-state index in [-0.39, 0.29) is 32.1 Å². The van der Waals surface area contributed by atoms with E-state index in [0.717, 1.165) is 0 Å². The van der Waals surface area contributed by atoms with Crippen molar-refractivity contribution in [2.24, 2.45) is 11.5 Å². The van der Waals surface area contributed by atoms with E-state index in [1.54, 1.807) is 14.7 Å². The molecule has 0 aromatic carbocycles. The number of nitrogens with zero attached hydrogens (tertiary/aromatic N) is 4. The van der Waals surface area contributed by atoms with Crippen LogP contribution in [0.4, 0.5) is 0 Å². The largest absolute Gasteiger partial charge is 0.480 e. The molecule has 0 aromatic heterocycles. The molecule has 1 fully saturated rings. The van der Waals surface area contributed by atoms with Crippen LogP contribution in [0.1, 0.15) is 19.3 Å². The number of unbranched alkanes of at least 4 members (excludes halogenated alkanes) is 1. The van der Waals surface area contributed by atoms with Crippen LogP contribution in [0, 0.1) is 0 Å². The Morgan fingerprint density at radius 2 is 1.00 bits per heavy atom. The summed E-state index contributed by atoms with van der Waals surface area (Å²) < 4.78 is 0. The molecule has 212 valence electrons. The van der Waals surface area contributed by atoms with E-state index in [1.165, 1.54) is 0 Å². The maximum atomic E-state index is 12.5. The van der Waals surface area contributed by atoms with Crippen LogP contribution in [0.15, 0.2) is 0 Å². The Labute approximate surface area is 216 Å². The molecule has 0 spiro atoms. The zero-order valence-corrected chi connectivity index (χ0v) is 21.2. The SMILES string of the molecule is NC(=O)[C@@H](N)CCCCNC(=O)CN1CCN(CC(=O)O)CCN(CC(=O)O)CCN(CC(=O)O)CC1. The Morgan fingerprint density at radius 3 is 1.32 bits per heavy atom. The van der Waals surface area contributed by atoms with Gasteiger partial charge in [0, 0.05) is 58.9 Å². The fraction of sp³-hybridized carbons (Fsp3) is 0.773. The molecule has 0 radical (unpaired) electrons. The molecule has 0 aliphatic carbocycles. The summed E-state index contributed by atoms with van der Waals surface area (Å²) >= 11 is 0. The van der Waals surface area contributed by atoms with Gasteiger partial charge in [-0.05, 0) is 19.3 Å². The standard InChI is InChI=1S/C22H41N7O8/c23-17(22(24)37)3-1-2-4-25-18(30)13-26-5-7-27(14-19(31)32)9-11-29(16-21(35)36)12-10-28(8-6-26)15-20(33)34/h17H,1-16,23H2,(H2,24,37)(H,25,30)(H,31,32)(H,33,34)(H,35,36)/t17-/m0/s1. The van der Waals surface area contributed by atoms with Gasteiger partial charge in [0.25, 0.3) is 0 Å².